The highest BCUT2D eigenvalue weighted by Crippen LogP contribution is 2.36. The number of hydrogen-bond donors (Lipinski definition) is 0. The van der Waals surface area contributed by atoms with Gasteiger partial charge in [-0.3, -0.25) is 4.79 Å². The third-order valence-electron chi connectivity index (χ3n) is 5.80. The van der Waals surface area contributed by atoms with Crippen molar-refractivity contribution in [3.63, 3.8) is 0 Å². The molecule has 0 saturated heterocycles. The van der Waals surface area contributed by atoms with Crippen molar-refractivity contribution in [3.05, 3.63) is 54.1 Å². The van der Waals surface area contributed by atoms with Crippen LogP contribution in [-0.2, 0) is 4.79 Å². The van der Waals surface area contributed by atoms with Crippen LogP contribution in [0.15, 0.2) is 48.5 Å². The van der Waals surface area contributed by atoms with Crippen LogP contribution in [-0.4, -0.2) is 5.97 Å². The Balaban J connectivity index is 1.57. The van der Waals surface area contributed by atoms with Gasteiger partial charge in [0.05, 0.1) is 0 Å². The lowest BCUT2D eigenvalue weighted by Crippen LogP contribution is -2.10. The van der Waals surface area contributed by atoms with E-state index in [1.807, 2.05) is 24.3 Å². The molecule has 1 fully saturated rings. The van der Waals surface area contributed by atoms with Gasteiger partial charge in [0.1, 0.15) is 5.75 Å². The third kappa shape index (κ3) is 5.69. The van der Waals surface area contributed by atoms with Crippen LogP contribution >= 0.6 is 0 Å². The van der Waals surface area contributed by atoms with Gasteiger partial charge >= 0.3 is 5.97 Å². The van der Waals surface area contributed by atoms with Crippen LogP contribution in [0, 0.1) is 5.92 Å². The van der Waals surface area contributed by atoms with Gasteiger partial charge in [-0.15, -0.1) is 0 Å². The molecule has 0 aliphatic heterocycles. The molecule has 0 bridgehead atoms. The zero-order valence-electron chi connectivity index (χ0n) is 16.7. The molecule has 144 valence electrons. The fourth-order valence-corrected chi connectivity index (χ4v) is 3.96. The Bertz CT molecular complexity index is 707. The van der Waals surface area contributed by atoms with E-state index in [9.17, 15) is 4.79 Å². The summed E-state index contributed by atoms with van der Waals surface area (Å²) in [4.78, 5) is 11.8. The molecule has 0 N–H and O–H groups in total. The monoisotopic (exact) mass is 364 g/mol. The maximum absolute atomic E-state index is 11.8. The summed E-state index contributed by atoms with van der Waals surface area (Å²) in [6.07, 6.45) is 8.93. The van der Waals surface area contributed by atoms with Crippen molar-refractivity contribution in [2.45, 2.75) is 71.1 Å². The first-order chi connectivity index (χ1) is 13.2. The Morgan fingerprint density at radius 3 is 2.07 bits per heavy atom. The number of benzene rings is 2. The van der Waals surface area contributed by atoms with Crippen molar-refractivity contribution in [3.8, 4) is 16.9 Å². The maximum atomic E-state index is 11.8. The fourth-order valence-electron chi connectivity index (χ4n) is 3.96. The second kappa shape index (κ2) is 9.73. The Labute approximate surface area is 164 Å². The second-order valence-corrected chi connectivity index (χ2v) is 8.03. The van der Waals surface area contributed by atoms with E-state index in [0.29, 0.717) is 12.2 Å². The molecule has 2 aromatic rings. The van der Waals surface area contributed by atoms with Crippen molar-refractivity contribution in [2.24, 2.45) is 5.92 Å². The van der Waals surface area contributed by atoms with E-state index < -0.39 is 0 Å². The predicted molar refractivity (Wildman–Crippen MR) is 112 cm³/mol. The molecular weight excluding hydrogens is 332 g/mol. The third-order valence-corrected chi connectivity index (χ3v) is 5.80. The molecule has 2 heteroatoms. The number of carbonyl (C=O) groups is 1. The van der Waals surface area contributed by atoms with E-state index in [1.54, 1.807) is 0 Å². The van der Waals surface area contributed by atoms with Gasteiger partial charge in [0.25, 0.3) is 0 Å². The molecule has 0 heterocycles. The Hall–Kier alpha value is -2.09. The molecule has 1 saturated carbocycles. The number of rotatable bonds is 7. The molecule has 0 atom stereocenters. The first-order valence-electron chi connectivity index (χ1n) is 10.6. The van der Waals surface area contributed by atoms with Gasteiger partial charge in [-0.05, 0) is 59.9 Å². The van der Waals surface area contributed by atoms with E-state index in [2.05, 4.69) is 38.1 Å². The molecule has 2 aromatic carbocycles. The van der Waals surface area contributed by atoms with Gasteiger partial charge in [-0.2, -0.15) is 0 Å². The van der Waals surface area contributed by atoms with Crippen LogP contribution in [0.4, 0.5) is 0 Å². The number of carbonyl (C=O) groups excluding carboxylic acids is 1. The summed E-state index contributed by atoms with van der Waals surface area (Å²) in [7, 11) is 0. The van der Waals surface area contributed by atoms with Gasteiger partial charge in [-0.25, -0.2) is 0 Å². The van der Waals surface area contributed by atoms with Crippen LogP contribution in [0.2, 0.25) is 0 Å². The zero-order valence-corrected chi connectivity index (χ0v) is 16.7. The van der Waals surface area contributed by atoms with E-state index in [-0.39, 0.29) is 5.97 Å². The average molecular weight is 365 g/mol. The standard InChI is InChI=1S/C25H32O2/c1-3-4-5-6-25(26)27-24-17-15-23(16-18-24)22-13-11-21(12-14-22)20-9-7-19(2)8-10-20/h11-20H,3-10H2,1-2H3. The number of hydrogen-bond acceptors (Lipinski definition) is 2. The molecule has 0 radical (unpaired) electrons. The highest BCUT2D eigenvalue weighted by atomic mass is 16.5. The molecule has 2 nitrogen and oxygen atoms in total. The molecule has 0 aromatic heterocycles. The van der Waals surface area contributed by atoms with Crippen LogP contribution in [0.1, 0.15) is 76.7 Å². The quantitative estimate of drug-likeness (QED) is 0.297. The minimum absolute atomic E-state index is 0.137. The van der Waals surface area contributed by atoms with Gasteiger partial charge in [0.15, 0.2) is 0 Å². The van der Waals surface area contributed by atoms with Crippen molar-refractivity contribution in [1.29, 1.82) is 0 Å². The molecule has 3 rings (SSSR count). The Kier molecular flexibility index (Phi) is 7.09. The van der Waals surface area contributed by atoms with E-state index in [4.69, 9.17) is 4.74 Å². The second-order valence-electron chi connectivity index (χ2n) is 8.03. The molecular formula is C25H32O2. The van der Waals surface area contributed by atoms with Crippen molar-refractivity contribution < 1.29 is 9.53 Å². The summed E-state index contributed by atoms with van der Waals surface area (Å²) in [5.41, 5.74) is 3.84. The molecule has 0 unspecified atom stereocenters. The highest BCUT2D eigenvalue weighted by Gasteiger charge is 2.19. The molecule has 0 spiro atoms. The van der Waals surface area contributed by atoms with Crippen molar-refractivity contribution in [1.82, 2.24) is 0 Å². The van der Waals surface area contributed by atoms with Gasteiger partial charge in [0.2, 0.25) is 0 Å². The van der Waals surface area contributed by atoms with Crippen LogP contribution in [0.25, 0.3) is 11.1 Å². The number of esters is 1. The molecule has 0 amide bonds. The fraction of sp³-hybridized carbons (Fsp3) is 0.480. The molecule has 1 aliphatic carbocycles. The van der Waals surface area contributed by atoms with E-state index >= 15 is 0 Å². The van der Waals surface area contributed by atoms with E-state index in [0.717, 1.165) is 36.7 Å². The van der Waals surface area contributed by atoms with Crippen LogP contribution < -0.4 is 4.74 Å². The van der Waals surface area contributed by atoms with Gasteiger partial charge in [0, 0.05) is 6.42 Å². The minimum atomic E-state index is -0.137. The van der Waals surface area contributed by atoms with E-state index in [1.165, 1.54) is 36.8 Å². The summed E-state index contributed by atoms with van der Waals surface area (Å²) >= 11 is 0. The van der Waals surface area contributed by atoms with Crippen molar-refractivity contribution >= 4 is 5.97 Å². The topological polar surface area (TPSA) is 26.3 Å². The SMILES string of the molecule is CCCCCC(=O)Oc1ccc(-c2ccc(C3CCC(C)CC3)cc2)cc1. The normalized spacial score (nSPS) is 19.6. The Morgan fingerprint density at radius 1 is 0.889 bits per heavy atom. The molecule has 27 heavy (non-hydrogen) atoms. The van der Waals surface area contributed by atoms with Crippen molar-refractivity contribution in [2.75, 3.05) is 0 Å². The maximum Gasteiger partial charge on any atom is 0.311 e. The summed E-state index contributed by atoms with van der Waals surface area (Å²) in [5, 5.41) is 0. The lowest BCUT2D eigenvalue weighted by Gasteiger charge is -2.26. The largest absolute Gasteiger partial charge is 0.427 e. The summed E-state index contributed by atoms with van der Waals surface area (Å²) in [6, 6.07) is 16.9. The lowest BCUT2D eigenvalue weighted by molar-refractivity contribution is -0.134. The number of unbranched alkanes of at least 4 members (excludes halogenated alkanes) is 2. The zero-order chi connectivity index (χ0) is 19.1. The predicted octanol–water partition coefficient (Wildman–Crippen LogP) is 7.13. The highest BCUT2D eigenvalue weighted by molar-refractivity contribution is 5.73. The Morgan fingerprint density at radius 2 is 1.48 bits per heavy atom. The summed E-state index contributed by atoms with van der Waals surface area (Å²) in [6.45, 7) is 4.50. The summed E-state index contributed by atoms with van der Waals surface area (Å²) in [5.74, 6) is 2.11. The lowest BCUT2D eigenvalue weighted by atomic mass is 9.79. The summed E-state index contributed by atoms with van der Waals surface area (Å²) < 4.78 is 5.42. The van der Waals surface area contributed by atoms with Gasteiger partial charge in [-0.1, -0.05) is 75.9 Å². The average Bonchev–Trinajstić information content (AvgIpc) is 2.70. The minimum Gasteiger partial charge on any atom is -0.427 e. The van der Waals surface area contributed by atoms with Crippen LogP contribution in [0.3, 0.4) is 0 Å². The molecule has 1 aliphatic rings. The first-order valence-corrected chi connectivity index (χ1v) is 10.6. The number of ether oxygens (including phenoxy) is 1. The first kappa shape index (κ1) is 19.7. The van der Waals surface area contributed by atoms with Crippen LogP contribution in [0.5, 0.6) is 5.75 Å². The smallest absolute Gasteiger partial charge is 0.311 e. The van der Waals surface area contributed by atoms with Gasteiger partial charge < -0.3 is 4.74 Å².